The zero-order chi connectivity index (χ0) is 17.6. The molecule has 0 bridgehead atoms. The number of benzene rings is 2. The van der Waals surface area contributed by atoms with Gasteiger partial charge in [-0.2, -0.15) is 0 Å². The molecule has 1 aliphatic heterocycles. The molecule has 0 spiro atoms. The van der Waals surface area contributed by atoms with Gasteiger partial charge < -0.3 is 4.74 Å². The van der Waals surface area contributed by atoms with E-state index in [9.17, 15) is 4.79 Å². The Morgan fingerprint density at radius 3 is 2.72 bits per heavy atom. The van der Waals surface area contributed by atoms with E-state index in [2.05, 4.69) is 36.2 Å². The number of carbonyl (C=O) groups is 1. The summed E-state index contributed by atoms with van der Waals surface area (Å²) >= 11 is 1.63. The number of amidine groups is 1. The Morgan fingerprint density at radius 1 is 1.20 bits per heavy atom. The number of thioether (sulfide) groups is 1. The second-order valence-corrected chi connectivity index (χ2v) is 6.95. The Labute approximate surface area is 152 Å². The molecule has 0 aliphatic carbocycles. The van der Waals surface area contributed by atoms with Gasteiger partial charge in [0.25, 0.3) is 0 Å². The Bertz CT molecular complexity index is 772. The number of hydrogen-bond donors (Lipinski definition) is 0. The number of ether oxygens (including phenoxy) is 1. The van der Waals surface area contributed by atoms with Crippen LogP contribution in [0.4, 0.5) is 0 Å². The number of hydrogen-bond acceptors (Lipinski definition) is 4. The van der Waals surface area contributed by atoms with Crippen molar-refractivity contribution in [3.63, 3.8) is 0 Å². The number of aryl methyl sites for hydroxylation is 1. The highest BCUT2D eigenvalue weighted by molar-refractivity contribution is 8.13. The molecule has 5 heteroatoms. The molecule has 0 saturated heterocycles. The summed E-state index contributed by atoms with van der Waals surface area (Å²) in [5.41, 5.74) is 3.49. The van der Waals surface area contributed by atoms with Gasteiger partial charge in [-0.25, -0.2) is 0 Å². The molecule has 0 N–H and O–H groups in total. The fourth-order valence-electron chi connectivity index (χ4n) is 2.74. The van der Waals surface area contributed by atoms with Crippen LogP contribution in [0.15, 0.2) is 53.5 Å². The zero-order valence-electron chi connectivity index (χ0n) is 14.6. The summed E-state index contributed by atoms with van der Waals surface area (Å²) in [6, 6.07) is 16.1. The van der Waals surface area contributed by atoms with Crippen LogP contribution >= 0.6 is 11.8 Å². The molecule has 1 aliphatic rings. The third-order valence-electron chi connectivity index (χ3n) is 4.07. The lowest BCUT2D eigenvalue weighted by Gasteiger charge is -2.18. The van der Waals surface area contributed by atoms with Crippen LogP contribution in [0.1, 0.15) is 16.7 Å². The highest BCUT2D eigenvalue weighted by Crippen LogP contribution is 2.21. The van der Waals surface area contributed by atoms with Gasteiger partial charge in [-0.1, -0.05) is 53.7 Å². The number of carbonyl (C=O) groups excluding carboxylic acids is 1. The molecule has 1 heterocycles. The summed E-state index contributed by atoms with van der Waals surface area (Å²) in [7, 11) is 1.64. The SMILES string of the molecule is COc1ccc(CC(=O)N2CCN=C2SCc2cccc(C)c2)cc1. The molecule has 2 aromatic carbocycles. The minimum atomic E-state index is 0.0955. The van der Waals surface area contributed by atoms with E-state index in [0.717, 1.165) is 22.2 Å². The maximum Gasteiger partial charge on any atom is 0.233 e. The molecule has 0 fully saturated rings. The molecule has 0 unspecified atom stereocenters. The maximum absolute atomic E-state index is 12.6. The first-order valence-corrected chi connectivity index (χ1v) is 9.30. The molecule has 4 nitrogen and oxygen atoms in total. The first kappa shape index (κ1) is 17.5. The van der Waals surface area contributed by atoms with Gasteiger partial charge in [0.15, 0.2) is 5.17 Å². The van der Waals surface area contributed by atoms with Crippen molar-refractivity contribution >= 4 is 22.8 Å². The molecule has 130 valence electrons. The average molecular weight is 354 g/mol. The van der Waals surface area contributed by atoms with Crippen LogP contribution in [0.25, 0.3) is 0 Å². The fraction of sp³-hybridized carbons (Fsp3) is 0.300. The van der Waals surface area contributed by atoms with Crippen LogP contribution in [-0.4, -0.2) is 36.2 Å². The lowest BCUT2D eigenvalue weighted by Crippen LogP contribution is -2.34. The van der Waals surface area contributed by atoms with Crippen molar-refractivity contribution in [2.75, 3.05) is 20.2 Å². The van der Waals surface area contributed by atoms with Gasteiger partial charge in [-0.3, -0.25) is 14.7 Å². The van der Waals surface area contributed by atoms with Gasteiger partial charge in [0.2, 0.25) is 5.91 Å². The first-order chi connectivity index (χ1) is 12.2. The summed E-state index contributed by atoms with van der Waals surface area (Å²) < 4.78 is 5.16. The van der Waals surface area contributed by atoms with E-state index in [4.69, 9.17) is 4.74 Å². The maximum atomic E-state index is 12.6. The van der Waals surface area contributed by atoms with Gasteiger partial charge >= 0.3 is 0 Å². The van der Waals surface area contributed by atoms with Crippen LogP contribution in [0.5, 0.6) is 5.75 Å². The van der Waals surface area contributed by atoms with E-state index in [1.807, 2.05) is 29.2 Å². The van der Waals surface area contributed by atoms with Crippen LogP contribution in [-0.2, 0) is 17.0 Å². The second kappa shape index (κ2) is 8.21. The van der Waals surface area contributed by atoms with E-state index >= 15 is 0 Å². The monoisotopic (exact) mass is 354 g/mol. The topological polar surface area (TPSA) is 41.9 Å². The van der Waals surface area contributed by atoms with Crippen molar-refractivity contribution in [1.82, 2.24) is 4.90 Å². The van der Waals surface area contributed by atoms with Gasteiger partial charge in [0.05, 0.1) is 20.1 Å². The van der Waals surface area contributed by atoms with Gasteiger partial charge in [0.1, 0.15) is 5.75 Å². The van der Waals surface area contributed by atoms with Crippen LogP contribution < -0.4 is 4.74 Å². The molecule has 2 aromatic rings. The van der Waals surface area contributed by atoms with Crippen molar-refractivity contribution in [1.29, 1.82) is 0 Å². The van der Waals surface area contributed by atoms with Crippen molar-refractivity contribution in [3.05, 3.63) is 65.2 Å². The van der Waals surface area contributed by atoms with E-state index < -0.39 is 0 Å². The summed E-state index contributed by atoms with van der Waals surface area (Å²) in [4.78, 5) is 19.0. The quantitative estimate of drug-likeness (QED) is 0.822. The average Bonchev–Trinajstić information content (AvgIpc) is 3.09. The predicted molar refractivity (Wildman–Crippen MR) is 103 cm³/mol. The van der Waals surface area contributed by atoms with Crippen LogP contribution in [0.2, 0.25) is 0 Å². The minimum absolute atomic E-state index is 0.0955. The zero-order valence-corrected chi connectivity index (χ0v) is 15.4. The standard InChI is InChI=1S/C20H22N2O2S/c1-15-4-3-5-17(12-15)14-25-20-21-10-11-22(20)19(23)13-16-6-8-18(24-2)9-7-16/h3-9,12H,10-11,13-14H2,1-2H3. The molecule has 25 heavy (non-hydrogen) atoms. The smallest absolute Gasteiger partial charge is 0.233 e. The van der Waals surface area contributed by atoms with Gasteiger partial charge in [-0.05, 0) is 30.2 Å². The molecular formula is C20H22N2O2S. The number of amides is 1. The summed E-state index contributed by atoms with van der Waals surface area (Å²) in [5.74, 6) is 1.72. The predicted octanol–water partition coefficient (Wildman–Crippen LogP) is 3.68. The Kier molecular flexibility index (Phi) is 5.76. The molecule has 0 aromatic heterocycles. The number of methoxy groups -OCH3 is 1. The molecular weight excluding hydrogens is 332 g/mol. The highest BCUT2D eigenvalue weighted by atomic mass is 32.2. The van der Waals surface area contributed by atoms with Crippen molar-refractivity contribution in [2.45, 2.75) is 19.1 Å². The van der Waals surface area contributed by atoms with E-state index in [-0.39, 0.29) is 5.91 Å². The van der Waals surface area contributed by atoms with E-state index in [1.54, 1.807) is 18.9 Å². The fourth-order valence-corrected chi connectivity index (χ4v) is 3.75. The van der Waals surface area contributed by atoms with Gasteiger partial charge in [-0.15, -0.1) is 0 Å². The molecule has 3 rings (SSSR count). The van der Waals surface area contributed by atoms with Gasteiger partial charge in [0, 0.05) is 12.3 Å². The third kappa shape index (κ3) is 4.63. The Hall–Kier alpha value is -2.27. The molecule has 0 atom stereocenters. The van der Waals surface area contributed by atoms with Crippen LogP contribution in [0, 0.1) is 6.92 Å². The lowest BCUT2D eigenvalue weighted by atomic mass is 10.1. The summed E-state index contributed by atoms with van der Waals surface area (Å²) in [6.07, 6.45) is 0.383. The summed E-state index contributed by atoms with van der Waals surface area (Å²) in [5, 5.41) is 0.833. The normalized spacial score (nSPS) is 13.7. The third-order valence-corrected chi connectivity index (χ3v) is 5.15. The highest BCUT2D eigenvalue weighted by Gasteiger charge is 2.24. The molecule has 0 radical (unpaired) electrons. The Morgan fingerprint density at radius 2 is 2.00 bits per heavy atom. The largest absolute Gasteiger partial charge is 0.497 e. The minimum Gasteiger partial charge on any atom is -0.497 e. The Balaban J connectivity index is 1.59. The molecule has 1 amide bonds. The number of nitrogens with zero attached hydrogens (tertiary/aromatic N) is 2. The van der Waals surface area contributed by atoms with E-state index in [1.165, 1.54) is 11.1 Å². The molecule has 0 saturated carbocycles. The van der Waals surface area contributed by atoms with Crippen molar-refractivity contribution < 1.29 is 9.53 Å². The lowest BCUT2D eigenvalue weighted by molar-refractivity contribution is -0.126. The van der Waals surface area contributed by atoms with E-state index in [0.29, 0.717) is 19.5 Å². The number of rotatable bonds is 5. The van der Waals surface area contributed by atoms with Crippen molar-refractivity contribution in [2.24, 2.45) is 4.99 Å². The second-order valence-electron chi connectivity index (χ2n) is 6.01. The summed E-state index contributed by atoms with van der Waals surface area (Å²) in [6.45, 7) is 3.45. The first-order valence-electron chi connectivity index (χ1n) is 8.32. The number of aliphatic imine (C=N–C) groups is 1. The van der Waals surface area contributed by atoms with Crippen molar-refractivity contribution in [3.8, 4) is 5.75 Å². The van der Waals surface area contributed by atoms with Crippen LogP contribution in [0.3, 0.4) is 0 Å².